The molecule has 6 rings (SSSR count). The quantitative estimate of drug-likeness (QED) is 0.285. The third-order valence-corrected chi connectivity index (χ3v) is 9.78. The van der Waals surface area contributed by atoms with Gasteiger partial charge in [-0.1, -0.05) is 30.2 Å². The number of fused-ring (bicyclic) bond motifs is 3. The van der Waals surface area contributed by atoms with E-state index in [9.17, 15) is 19.2 Å². The van der Waals surface area contributed by atoms with Crippen LogP contribution in [0.5, 0.6) is 5.88 Å². The minimum Gasteiger partial charge on any atom is -0.471 e. The highest BCUT2D eigenvalue weighted by molar-refractivity contribution is 7.17. The highest BCUT2D eigenvalue weighted by Crippen LogP contribution is 2.46. The summed E-state index contributed by atoms with van der Waals surface area (Å²) in [6.45, 7) is 7.05. The second-order valence-corrected chi connectivity index (χ2v) is 14.7. The molecule has 2 fully saturated rings. The number of nitrogens with one attached hydrogen (secondary N) is 2. The van der Waals surface area contributed by atoms with Crippen LogP contribution in [0, 0.1) is 12.8 Å². The number of amides is 3. The zero-order valence-corrected chi connectivity index (χ0v) is 29.1. The van der Waals surface area contributed by atoms with Gasteiger partial charge in [-0.05, 0) is 64.8 Å². The number of rotatable bonds is 5. The van der Waals surface area contributed by atoms with Gasteiger partial charge in [0.25, 0.3) is 0 Å². The monoisotopic (exact) mass is 694 g/mol. The summed E-state index contributed by atoms with van der Waals surface area (Å²) < 4.78 is 23.0. The smallest absolute Gasteiger partial charge is 0.408 e. The van der Waals surface area contributed by atoms with E-state index in [4.69, 9.17) is 18.7 Å². The highest BCUT2D eigenvalue weighted by Gasteiger charge is 2.62. The van der Waals surface area contributed by atoms with Gasteiger partial charge in [0.15, 0.2) is 11.5 Å². The van der Waals surface area contributed by atoms with Crippen molar-refractivity contribution in [3.8, 4) is 17.4 Å². The zero-order valence-electron chi connectivity index (χ0n) is 28.3. The van der Waals surface area contributed by atoms with Crippen molar-refractivity contribution in [3.63, 3.8) is 0 Å². The molecular weight excluding hydrogens is 652 g/mol. The lowest BCUT2D eigenvalue weighted by atomic mass is 10.0. The van der Waals surface area contributed by atoms with Crippen molar-refractivity contribution in [1.29, 1.82) is 0 Å². The lowest BCUT2D eigenvalue weighted by molar-refractivity contribution is -0.148. The summed E-state index contributed by atoms with van der Waals surface area (Å²) in [5.41, 5.74) is -0.890. The number of nitrogens with zero attached hydrogens (tertiary/aromatic N) is 4. The second kappa shape index (κ2) is 13.8. The van der Waals surface area contributed by atoms with E-state index >= 15 is 0 Å². The molecule has 0 bridgehead atoms. The number of allylic oxidation sites excluding steroid dienone is 1. The summed E-state index contributed by atoms with van der Waals surface area (Å²) in [6.07, 6.45) is 6.61. The second-order valence-electron chi connectivity index (χ2n) is 13.8. The number of alkyl carbamates (subject to hydrolysis) is 1. The number of thiophene rings is 1. The van der Waals surface area contributed by atoms with E-state index in [-0.39, 0.29) is 24.8 Å². The van der Waals surface area contributed by atoms with Gasteiger partial charge in [0, 0.05) is 18.4 Å². The van der Waals surface area contributed by atoms with Crippen molar-refractivity contribution in [2.45, 2.75) is 102 Å². The first-order valence-electron chi connectivity index (χ1n) is 16.6. The molecule has 262 valence electrons. The van der Waals surface area contributed by atoms with E-state index in [1.165, 1.54) is 23.3 Å². The summed E-state index contributed by atoms with van der Waals surface area (Å²) in [5, 5.41) is 11.6. The first-order valence-corrected chi connectivity index (χ1v) is 17.5. The molecule has 1 saturated carbocycles. The number of ether oxygens (including phenoxy) is 3. The van der Waals surface area contributed by atoms with Gasteiger partial charge in [-0.15, -0.1) is 11.3 Å². The molecule has 49 heavy (non-hydrogen) atoms. The molecule has 0 spiro atoms. The molecule has 2 N–H and O–H groups in total. The van der Waals surface area contributed by atoms with Crippen LogP contribution in [0.1, 0.15) is 71.5 Å². The summed E-state index contributed by atoms with van der Waals surface area (Å²) in [4.78, 5) is 65.1. The van der Waals surface area contributed by atoms with Crippen LogP contribution >= 0.6 is 11.3 Å². The number of esters is 1. The van der Waals surface area contributed by atoms with Gasteiger partial charge in [0.1, 0.15) is 39.8 Å². The van der Waals surface area contributed by atoms with E-state index in [1.807, 2.05) is 23.6 Å². The largest absolute Gasteiger partial charge is 0.471 e. The molecule has 3 amide bonds. The van der Waals surface area contributed by atoms with Gasteiger partial charge in [-0.3, -0.25) is 9.59 Å². The first-order chi connectivity index (χ1) is 23.4. The molecule has 3 aromatic rings. The van der Waals surface area contributed by atoms with Gasteiger partial charge in [-0.25, -0.2) is 14.6 Å². The normalized spacial score (nSPS) is 26.8. The number of hydrogen-bond donors (Lipinski definition) is 2. The number of aryl methyl sites for hydroxylation is 1. The van der Waals surface area contributed by atoms with Crippen LogP contribution in [0.2, 0.25) is 0 Å². The van der Waals surface area contributed by atoms with Gasteiger partial charge in [-0.2, -0.15) is 4.98 Å². The van der Waals surface area contributed by atoms with E-state index in [0.29, 0.717) is 46.8 Å². The van der Waals surface area contributed by atoms with Crippen LogP contribution in [0.4, 0.5) is 4.79 Å². The van der Waals surface area contributed by atoms with Crippen molar-refractivity contribution in [3.05, 3.63) is 35.4 Å². The van der Waals surface area contributed by atoms with Crippen molar-refractivity contribution < 1.29 is 37.9 Å². The third-order valence-electron chi connectivity index (χ3n) is 8.89. The molecule has 3 aromatic heterocycles. The van der Waals surface area contributed by atoms with Crippen LogP contribution in [0.3, 0.4) is 0 Å². The number of aromatic nitrogens is 3. The van der Waals surface area contributed by atoms with E-state index in [2.05, 4.69) is 25.8 Å². The van der Waals surface area contributed by atoms with Crippen LogP contribution in [-0.2, 0) is 23.9 Å². The summed E-state index contributed by atoms with van der Waals surface area (Å²) >= 11 is 1.41. The maximum Gasteiger partial charge on any atom is 0.408 e. The molecule has 0 unspecified atom stereocenters. The number of hydrogen-bond acceptors (Lipinski definition) is 12. The Morgan fingerprint density at radius 2 is 2.00 bits per heavy atom. The highest BCUT2D eigenvalue weighted by atomic mass is 32.1. The summed E-state index contributed by atoms with van der Waals surface area (Å²) in [5.74, 6) is -0.498. The maximum atomic E-state index is 14.4. The Balaban J connectivity index is 1.32. The van der Waals surface area contributed by atoms with Crippen molar-refractivity contribution in [1.82, 2.24) is 30.7 Å². The fourth-order valence-corrected chi connectivity index (χ4v) is 7.19. The molecule has 5 atom stereocenters. The van der Waals surface area contributed by atoms with Crippen LogP contribution in [0.25, 0.3) is 21.7 Å². The Bertz CT molecular complexity index is 1760. The predicted molar refractivity (Wildman–Crippen MR) is 179 cm³/mol. The minimum absolute atomic E-state index is 0.0350. The Morgan fingerprint density at radius 3 is 2.73 bits per heavy atom. The van der Waals surface area contributed by atoms with E-state index in [1.54, 1.807) is 33.8 Å². The SMILES string of the molecule is COC(=O)[C@@]12C[C@@H]1/C=C\CCCCC[C@H](NC(=O)OC(C)(C)C)C(=O)N1C[C@H](Oc3nc(-c4cc(C)on4)nc4ccsc34)C[C@H]1C(=O)N2. The first kappa shape index (κ1) is 34.3. The average Bonchev–Trinajstić information content (AvgIpc) is 3.44. The van der Waals surface area contributed by atoms with Crippen molar-refractivity contribution >= 4 is 45.4 Å². The predicted octanol–water partition coefficient (Wildman–Crippen LogP) is 4.46. The Labute approximate surface area is 287 Å². The fraction of sp³-hybridized carbons (Fsp3) is 0.559. The lowest BCUT2D eigenvalue weighted by Gasteiger charge is -2.30. The molecule has 14 nitrogen and oxygen atoms in total. The standard InChI is InChI=1S/C34H42N6O8S/c1-19-15-24(39-48-19)27-35-22-13-14-49-26(22)29(37-27)46-21-16-25-28(41)38-34(31(43)45-5)17-20(34)11-9-7-6-8-10-12-23(30(42)40(25)18-21)36-32(44)47-33(2,3)4/h9,11,13-15,20-21,23,25H,6-8,10,12,16-18H2,1-5H3,(H,36,44)(H,38,41)/b11-9-/t20-,21+,23-,25-,34+/m0/s1. The van der Waals surface area contributed by atoms with Crippen molar-refractivity contribution in [2.75, 3.05) is 13.7 Å². The Kier molecular flexibility index (Phi) is 9.65. The molecule has 0 radical (unpaired) electrons. The topological polar surface area (TPSA) is 175 Å². The minimum atomic E-state index is -1.22. The molecule has 1 saturated heterocycles. The summed E-state index contributed by atoms with van der Waals surface area (Å²) in [6, 6.07) is 1.62. The summed E-state index contributed by atoms with van der Waals surface area (Å²) in [7, 11) is 1.29. The van der Waals surface area contributed by atoms with Crippen LogP contribution in [0.15, 0.2) is 34.2 Å². The van der Waals surface area contributed by atoms with Gasteiger partial charge < -0.3 is 34.3 Å². The average molecular weight is 695 g/mol. The van der Waals surface area contributed by atoms with E-state index < -0.39 is 53.2 Å². The Morgan fingerprint density at radius 1 is 1.18 bits per heavy atom. The Hall–Kier alpha value is -4.53. The van der Waals surface area contributed by atoms with Crippen molar-refractivity contribution in [2.24, 2.45) is 5.92 Å². The zero-order chi connectivity index (χ0) is 34.9. The molecule has 1 aliphatic carbocycles. The molecule has 0 aromatic carbocycles. The number of methoxy groups -OCH3 is 1. The fourth-order valence-electron chi connectivity index (χ4n) is 6.43. The molecule has 15 heteroatoms. The van der Waals surface area contributed by atoms with Gasteiger partial charge in [0.05, 0.1) is 19.2 Å². The number of carbonyl (C=O) groups excluding carboxylic acids is 4. The molecule has 2 aliphatic heterocycles. The molecule has 3 aliphatic rings. The maximum absolute atomic E-state index is 14.4. The lowest BCUT2D eigenvalue weighted by Crippen LogP contribution is -2.56. The number of carbonyl (C=O) groups is 4. The third kappa shape index (κ3) is 7.56. The van der Waals surface area contributed by atoms with Gasteiger partial charge >= 0.3 is 12.1 Å². The van der Waals surface area contributed by atoms with Gasteiger partial charge in [0.2, 0.25) is 17.7 Å². The molecular formula is C34H42N6O8S. The van der Waals surface area contributed by atoms with Crippen LogP contribution < -0.4 is 15.4 Å². The van der Waals surface area contributed by atoms with Crippen LogP contribution in [-0.4, -0.2) is 86.9 Å². The molecule has 5 heterocycles. The van der Waals surface area contributed by atoms with E-state index in [0.717, 1.165) is 19.3 Å².